The van der Waals surface area contributed by atoms with E-state index in [2.05, 4.69) is 0 Å². The van der Waals surface area contributed by atoms with Crippen molar-refractivity contribution in [3.63, 3.8) is 0 Å². The number of para-hydroxylation sites is 2. The SMILES string of the molecule is Cn1cc(C2C(=O)N(OS(C)(=O)=O)C(=O)C2c2cn(CCCSC(=N)N)c3ccccc23)c2ccccc21. The van der Waals surface area contributed by atoms with Gasteiger partial charge in [-0.15, -0.1) is 9.35 Å². The Morgan fingerprint density at radius 2 is 1.53 bits per heavy atom. The second-order valence-electron chi connectivity index (χ2n) is 9.28. The minimum Gasteiger partial charge on any atom is -0.379 e. The van der Waals surface area contributed by atoms with Crippen LogP contribution < -0.4 is 5.73 Å². The van der Waals surface area contributed by atoms with Gasteiger partial charge in [0.25, 0.3) is 21.9 Å². The quantitative estimate of drug-likeness (QED) is 0.148. The number of amidine groups is 1. The number of hydrogen-bond acceptors (Lipinski definition) is 7. The Morgan fingerprint density at radius 3 is 2.13 bits per heavy atom. The van der Waals surface area contributed by atoms with Gasteiger partial charge in [-0.25, -0.2) is 0 Å². The number of aromatic nitrogens is 2. The lowest BCUT2D eigenvalue weighted by Crippen LogP contribution is -2.33. The van der Waals surface area contributed by atoms with Crippen LogP contribution in [0.3, 0.4) is 0 Å². The third kappa shape index (κ3) is 4.70. The maximum Gasteiger partial charge on any atom is 0.285 e. The first-order chi connectivity index (χ1) is 18.1. The van der Waals surface area contributed by atoms with Crippen molar-refractivity contribution in [3.8, 4) is 0 Å². The lowest BCUT2D eigenvalue weighted by atomic mass is 9.83. The maximum atomic E-state index is 13.8. The Hall–Kier alpha value is -3.61. The molecule has 1 fully saturated rings. The number of benzene rings is 2. The Bertz CT molecular complexity index is 1690. The van der Waals surface area contributed by atoms with E-state index in [-0.39, 0.29) is 5.17 Å². The number of thioether (sulfide) groups is 1. The molecule has 10 nitrogen and oxygen atoms in total. The van der Waals surface area contributed by atoms with Crippen molar-refractivity contribution in [2.45, 2.75) is 24.8 Å². The van der Waals surface area contributed by atoms with Crippen molar-refractivity contribution in [2.24, 2.45) is 12.8 Å². The van der Waals surface area contributed by atoms with E-state index in [0.717, 1.165) is 34.5 Å². The second kappa shape index (κ2) is 9.93. The molecular weight excluding hydrogens is 526 g/mol. The fraction of sp³-hybridized carbons (Fsp3) is 0.269. The molecule has 3 N–H and O–H groups in total. The molecule has 2 aromatic heterocycles. The summed E-state index contributed by atoms with van der Waals surface area (Å²) in [5.41, 5.74) is 8.47. The summed E-state index contributed by atoms with van der Waals surface area (Å²) in [6.45, 7) is 0.609. The molecule has 0 spiro atoms. The van der Waals surface area contributed by atoms with E-state index in [1.54, 1.807) is 0 Å². The number of nitrogens with zero attached hydrogens (tertiary/aromatic N) is 3. The fourth-order valence-electron chi connectivity index (χ4n) is 5.23. The zero-order chi connectivity index (χ0) is 27.2. The molecule has 1 saturated heterocycles. The number of hydrogen-bond donors (Lipinski definition) is 2. The normalized spacial score (nSPS) is 18.2. The van der Waals surface area contributed by atoms with Gasteiger partial charge in [0.05, 0.1) is 18.1 Å². The molecule has 0 bridgehead atoms. The number of fused-ring (bicyclic) bond motifs is 2. The average Bonchev–Trinajstić information content (AvgIpc) is 3.47. The monoisotopic (exact) mass is 553 g/mol. The summed E-state index contributed by atoms with van der Waals surface area (Å²) in [5, 5.41) is 9.48. The van der Waals surface area contributed by atoms with E-state index in [1.807, 2.05) is 77.1 Å². The Morgan fingerprint density at radius 1 is 0.974 bits per heavy atom. The predicted molar refractivity (Wildman–Crippen MR) is 147 cm³/mol. The van der Waals surface area contributed by atoms with Gasteiger partial charge in [-0.05, 0) is 29.7 Å². The van der Waals surface area contributed by atoms with Crippen molar-refractivity contribution in [1.82, 2.24) is 14.2 Å². The summed E-state index contributed by atoms with van der Waals surface area (Å²) < 4.78 is 32.8. The molecule has 5 rings (SSSR count). The number of amides is 2. The number of carbonyl (C=O) groups is 2. The standard InChI is InChI=1S/C26H27N5O5S2/c1-29-14-18(16-8-3-5-10-20(16)29)22-23(25(33)31(24(22)32)36-38(2,34)35)19-15-30(12-7-13-37-26(27)28)21-11-6-4-9-17(19)21/h3-6,8-11,14-15,22-23H,7,12-13H2,1-2H3,(H3,27,28). The molecule has 0 saturated carbocycles. The number of hydroxylamine groups is 2. The van der Waals surface area contributed by atoms with Crippen LogP contribution in [0.4, 0.5) is 0 Å². The van der Waals surface area contributed by atoms with Crippen LogP contribution in [0.2, 0.25) is 0 Å². The van der Waals surface area contributed by atoms with Gasteiger partial charge in [0.1, 0.15) is 0 Å². The number of rotatable bonds is 8. The molecule has 1 aliphatic rings. The van der Waals surface area contributed by atoms with Crippen molar-refractivity contribution in [3.05, 3.63) is 72.1 Å². The van der Waals surface area contributed by atoms with Crippen molar-refractivity contribution in [1.29, 1.82) is 5.41 Å². The molecule has 12 heteroatoms. The average molecular weight is 554 g/mol. The van der Waals surface area contributed by atoms with Crippen LogP contribution in [0.15, 0.2) is 60.9 Å². The summed E-state index contributed by atoms with van der Waals surface area (Å²) in [4.78, 5) is 27.5. The summed E-state index contributed by atoms with van der Waals surface area (Å²) in [6.07, 6.45) is 5.21. The van der Waals surface area contributed by atoms with Crippen LogP contribution in [0.1, 0.15) is 29.4 Å². The third-order valence-corrected chi connectivity index (χ3v) is 7.92. The molecule has 1 aliphatic heterocycles. The van der Waals surface area contributed by atoms with E-state index < -0.39 is 33.8 Å². The number of aryl methyl sites for hydroxylation is 2. The Kier molecular flexibility index (Phi) is 6.80. The van der Waals surface area contributed by atoms with Crippen molar-refractivity contribution < 1.29 is 22.3 Å². The highest BCUT2D eigenvalue weighted by molar-refractivity contribution is 8.13. The van der Waals surface area contributed by atoms with Gasteiger partial charge in [-0.1, -0.05) is 48.2 Å². The van der Waals surface area contributed by atoms with Crippen molar-refractivity contribution >= 4 is 60.7 Å². The predicted octanol–water partition coefficient (Wildman–Crippen LogP) is 3.28. The van der Waals surface area contributed by atoms with Gasteiger partial charge in [-0.2, -0.15) is 8.42 Å². The molecule has 198 valence electrons. The van der Waals surface area contributed by atoms with E-state index in [9.17, 15) is 18.0 Å². The smallest absolute Gasteiger partial charge is 0.285 e. The van der Waals surface area contributed by atoms with Crippen LogP contribution in [-0.2, 0) is 37.6 Å². The van der Waals surface area contributed by atoms with Gasteiger partial charge in [0, 0.05) is 53.5 Å². The highest BCUT2D eigenvalue weighted by Crippen LogP contribution is 2.46. The Balaban J connectivity index is 1.65. The molecule has 0 aliphatic carbocycles. The summed E-state index contributed by atoms with van der Waals surface area (Å²) in [6, 6.07) is 15.1. The van der Waals surface area contributed by atoms with Crippen LogP contribution >= 0.6 is 11.8 Å². The maximum absolute atomic E-state index is 13.8. The number of carbonyl (C=O) groups excluding carboxylic acids is 2. The largest absolute Gasteiger partial charge is 0.379 e. The first-order valence-electron chi connectivity index (χ1n) is 11.9. The van der Waals surface area contributed by atoms with Crippen LogP contribution in [0.25, 0.3) is 21.8 Å². The van der Waals surface area contributed by atoms with E-state index in [0.29, 0.717) is 28.5 Å². The minimum atomic E-state index is -4.14. The molecule has 0 radical (unpaired) electrons. The second-order valence-corrected chi connectivity index (χ2v) is 12.0. The molecule has 2 amide bonds. The lowest BCUT2D eigenvalue weighted by Gasteiger charge is -2.14. The zero-order valence-electron chi connectivity index (χ0n) is 20.8. The van der Waals surface area contributed by atoms with Gasteiger partial charge >= 0.3 is 0 Å². The molecule has 38 heavy (non-hydrogen) atoms. The Labute approximate surface area is 223 Å². The number of nitrogens with two attached hydrogens (primary N) is 1. The highest BCUT2D eigenvalue weighted by atomic mass is 32.2. The highest BCUT2D eigenvalue weighted by Gasteiger charge is 2.53. The molecule has 4 aromatic rings. The summed E-state index contributed by atoms with van der Waals surface area (Å²) >= 11 is 1.26. The van der Waals surface area contributed by atoms with Gasteiger partial charge in [0.2, 0.25) is 0 Å². The lowest BCUT2D eigenvalue weighted by molar-refractivity contribution is -0.164. The van der Waals surface area contributed by atoms with Gasteiger partial charge in [0.15, 0.2) is 5.17 Å². The van der Waals surface area contributed by atoms with Gasteiger partial charge < -0.3 is 14.9 Å². The van der Waals surface area contributed by atoms with E-state index in [1.165, 1.54) is 11.8 Å². The fourth-order valence-corrected chi connectivity index (χ4v) is 6.14. The molecule has 2 unspecified atom stereocenters. The van der Waals surface area contributed by atoms with Crippen LogP contribution in [0.5, 0.6) is 0 Å². The molecule has 2 atom stereocenters. The minimum absolute atomic E-state index is 0.0574. The number of nitrogens with one attached hydrogen (secondary N) is 1. The topological polar surface area (TPSA) is 140 Å². The molecule has 2 aromatic carbocycles. The van der Waals surface area contributed by atoms with Crippen LogP contribution in [-0.4, -0.2) is 51.6 Å². The zero-order valence-corrected chi connectivity index (χ0v) is 22.5. The summed E-state index contributed by atoms with van der Waals surface area (Å²) in [7, 11) is -2.28. The van der Waals surface area contributed by atoms with Crippen molar-refractivity contribution in [2.75, 3.05) is 12.0 Å². The first kappa shape index (κ1) is 26.0. The summed E-state index contributed by atoms with van der Waals surface area (Å²) in [5.74, 6) is -2.77. The molecular formula is C26H27N5O5S2. The van der Waals surface area contributed by atoms with Gasteiger partial charge in [-0.3, -0.25) is 15.0 Å². The first-order valence-corrected chi connectivity index (χ1v) is 14.7. The van der Waals surface area contributed by atoms with Crippen LogP contribution in [0, 0.1) is 5.41 Å². The van der Waals surface area contributed by atoms with E-state index in [4.69, 9.17) is 15.4 Å². The molecule has 3 heterocycles. The third-order valence-electron chi connectivity index (χ3n) is 6.69. The number of imide groups is 1. The van der Waals surface area contributed by atoms with E-state index >= 15 is 0 Å².